The molecule has 0 atom stereocenters. The Hall–Kier alpha value is -2.55. The number of hydrogen-bond acceptors (Lipinski definition) is 3. The maximum Gasteiger partial charge on any atom is 0.0924 e. The first-order chi connectivity index (χ1) is 9.75. The Bertz CT molecular complexity index is 736. The van der Waals surface area contributed by atoms with Crippen molar-refractivity contribution in [2.45, 2.75) is 13.8 Å². The zero-order chi connectivity index (χ0) is 13.9. The second-order valence-electron chi connectivity index (χ2n) is 4.71. The molecule has 0 amide bonds. The zero-order valence-corrected chi connectivity index (χ0v) is 11.5. The van der Waals surface area contributed by atoms with Gasteiger partial charge >= 0.3 is 0 Å². The van der Waals surface area contributed by atoms with E-state index in [2.05, 4.69) is 27.1 Å². The number of pyridine rings is 1. The van der Waals surface area contributed by atoms with Gasteiger partial charge in [-0.15, -0.1) is 0 Å². The topological polar surface area (TPSA) is 38.7 Å². The van der Waals surface area contributed by atoms with Gasteiger partial charge in [0, 0.05) is 23.5 Å². The molecule has 0 N–H and O–H groups in total. The quantitative estimate of drug-likeness (QED) is 0.704. The van der Waals surface area contributed by atoms with Crippen LogP contribution in [0.5, 0.6) is 0 Å². The molecule has 3 nitrogen and oxygen atoms in total. The normalized spacial score (nSPS) is 10.5. The van der Waals surface area contributed by atoms with Gasteiger partial charge < -0.3 is 0 Å². The lowest BCUT2D eigenvalue weighted by Crippen LogP contribution is -1.96. The molecule has 1 aromatic carbocycles. The van der Waals surface area contributed by atoms with Gasteiger partial charge in [-0.1, -0.05) is 30.3 Å². The van der Waals surface area contributed by atoms with Crippen molar-refractivity contribution in [3.63, 3.8) is 0 Å². The number of aryl methyl sites for hydroxylation is 2. The van der Waals surface area contributed by atoms with Crippen molar-refractivity contribution in [3.8, 4) is 22.5 Å². The third kappa shape index (κ3) is 2.30. The van der Waals surface area contributed by atoms with Crippen LogP contribution < -0.4 is 0 Å². The Morgan fingerprint density at radius 2 is 1.55 bits per heavy atom. The maximum absolute atomic E-state index is 4.64. The molecule has 0 radical (unpaired) electrons. The van der Waals surface area contributed by atoms with Gasteiger partial charge in [0.05, 0.1) is 22.8 Å². The number of benzene rings is 1. The van der Waals surface area contributed by atoms with E-state index >= 15 is 0 Å². The monoisotopic (exact) mass is 261 g/mol. The van der Waals surface area contributed by atoms with Crippen molar-refractivity contribution >= 4 is 0 Å². The van der Waals surface area contributed by atoms with Gasteiger partial charge in [-0.3, -0.25) is 9.97 Å². The molecule has 0 bridgehead atoms. The number of hydrogen-bond donors (Lipinski definition) is 0. The molecule has 0 unspecified atom stereocenters. The van der Waals surface area contributed by atoms with Gasteiger partial charge in [0.25, 0.3) is 0 Å². The first-order valence-corrected chi connectivity index (χ1v) is 6.57. The molecule has 3 aromatic rings. The van der Waals surface area contributed by atoms with Crippen molar-refractivity contribution in [1.82, 2.24) is 15.0 Å². The molecule has 0 fully saturated rings. The highest BCUT2D eigenvalue weighted by atomic mass is 14.8. The molecule has 0 saturated heterocycles. The molecule has 0 saturated carbocycles. The van der Waals surface area contributed by atoms with E-state index in [1.807, 2.05) is 44.2 Å². The van der Waals surface area contributed by atoms with Gasteiger partial charge in [0.1, 0.15) is 0 Å². The number of rotatable bonds is 2. The molecule has 3 heteroatoms. The Morgan fingerprint density at radius 1 is 0.800 bits per heavy atom. The predicted octanol–water partition coefficient (Wildman–Crippen LogP) is 3.82. The highest BCUT2D eigenvalue weighted by Gasteiger charge is 2.11. The first-order valence-electron chi connectivity index (χ1n) is 6.57. The van der Waals surface area contributed by atoms with Crippen molar-refractivity contribution in [2.24, 2.45) is 0 Å². The summed E-state index contributed by atoms with van der Waals surface area (Å²) in [5.41, 5.74) is 5.87. The van der Waals surface area contributed by atoms with Crippen LogP contribution in [0.4, 0.5) is 0 Å². The fourth-order valence-electron chi connectivity index (χ4n) is 2.23. The number of nitrogens with zero attached hydrogens (tertiary/aromatic N) is 3. The van der Waals surface area contributed by atoms with Crippen molar-refractivity contribution in [2.75, 3.05) is 0 Å². The highest BCUT2D eigenvalue weighted by Crippen LogP contribution is 2.30. The van der Waals surface area contributed by atoms with Crippen molar-refractivity contribution in [3.05, 3.63) is 66.2 Å². The van der Waals surface area contributed by atoms with Crippen LogP contribution in [0.2, 0.25) is 0 Å². The van der Waals surface area contributed by atoms with E-state index in [1.165, 1.54) is 0 Å². The van der Waals surface area contributed by atoms with E-state index in [9.17, 15) is 0 Å². The lowest BCUT2D eigenvalue weighted by atomic mass is 10.00. The van der Waals surface area contributed by atoms with Gasteiger partial charge in [0.15, 0.2) is 0 Å². The van der Waals surface area contributed by atoms with Gasteiger partial charge in [-0.2, -0.15) is 0 Å². The third-order valence-corrected chi connectivity index (χ3v) is 3.20. The van der Waals surface area contributed by atoms with Crippen LogP contribution in [0, 0.1) is 13.8 Å². The Labute approximate surface area is 118 Å². The highest BCUT2D eigenvalue weighted by molar-refractivity contribution is 5.80. The largest absolute Gasteiger partial charge is 0.257 e. The molecule has 2 heterocycles. The van der Waals surface area contributed by atoms with Crippen LogP contribution >= 0.6 is 0 Å². The molecule has 20 heavy (non-hydrogen) atoms. The van der Waals surface area contributed by atoms with E-state index in [4.69, 9.17) is 0 Å². The summed E-state index contributed by atoms with van der Waals surface area (Å²) < 4.78 is 0. The summed E-state index contributed by atoms with van der Waals surface area (Å²) >= 11 is 0. The fourth-order valence-corrected chi connectivity index (χ4v) is 2.23. The lowest BCUT2D eigenvalue weighted by Gasteiger charge is -2.10. The van der Waals surface area contributed by atoms with Crippen LogP contribution in [-0.2, 0) is 0 Å². The second-order valence-corrected chi connectivity index (χ2v) is 4.71. The molecular formula is C17H15N3. The minimum atomic E-state index is 0.918. The molecule has 0 aliphatic rings. The molecule has 98 valence electrons. The Morgan fingerprint density at radius 3 is 2.30 bits per heavy atom. The maximum atomic E-state index is 4.64. The zero-order valence-electron chi connectivity index (χ0n) is 11.5. The van der Waals surface area contributed by atoms with Crippen molar-refractivity contribution in [1.29, 1.82) is 0 Å². The molecular weight excluding hydrogens is 246 g/mol. The molecule has 2 aromatic heterocycles. The average Bonchev–Trinajstić information content (AvgIpc) is 2.51. The van der Waals surface area contributed by atoms with Crippen LogP contribution in [0.25, 0.3) is 22.5 Å². The summed E-state index contributed by atoms with van der Waals surface area (Å²) in [6, 6.07) is 14.1. The lowest BCUT2D eigenvalue weighted by molar-refractivity contribution is 1.07. The average molecular weight is 261 g/mol. The van der Waals surface area contributed by atoms with E-state index in [-0.39, 0.29) is 0 Å². The van der Waals surface area contributed by atoms with Crippen LogP contribution in [0.3, 0.4) is 0 Å². The van der Waals surface area contributed by atoms with E-state index in [0.29, 0.717) is 0 Å². The third-order valence-electron chi connectivity index (χ3n) is 3.20. The second kappa shape index (κ2) is 5.21. The standard InChI is InChI=1S/C17H15N3/c1-12-11-19-13(2)17(20-12)15-8-4-3-7-14(15)16-9-5-6-10-18-16/h3-11H,1-2H3. The minimum absolute atomic E-state index is 0.918. The van der Waals surface area contributed by atoms with E-state index in [1.54, 1.807) is 12.4 Å². The molecule has 3 rings (SSSR count). The van der Waals surface area contributed by atoms with Crippen LogP contribution in [0.15, 0.2) is 54.9 Å². The van der Waals surface area contributed by atoms with Crippen LogP contribution in [-0.4, -0.2) is 15.0 Å². The molecule has 0 aliphatic heterocycles. The summed E-state index contributed by atoms with van der Waals surface area (Å²) in [7, 11) is 0. The smallest absolute Gasteiger partial charge is 0.0924 e. The Kier molecular flexibility index (Phi) is 3.25. The minimum Gasteiger partial charge on any atom is -0.257 e. The van der Waals surface area contributed by atoms with E-state index < -0.39 is 0 Å². The number of aromatic nitrogens is 3. The summed E-state index contributed by atoms with van der Waals surface area (Å²) in [6.45, 7) is 3.94. The molecule has 0 aliphatic carbocycles. The summed E-state index contributed by atoms with van der Waals surface area (Å²) in [6.07, 6.45) is 3.60. The summed E-state index contributed by atoms with van der Waals surface area (Å²) in [5, 5.41) is 0. The SMILES string of the molecule is Cc1cnc(C)c(-c2ccccc2-c2ccccn2)n1. The summed E-state index contributed by atoms with van der Waals surface area (Å²) in [5.74, 6) is 0. The molecule has 0 spiro atoms. The first kappa shape index (κ1) is 12.5. The Balaban J connectivity index is 2.23. The van der Waals surface area contributed by atoms with Gasteiger partial charge in [-0.25, -0.2) is 4.98 Å². The van der Waals surface area contributed by atoms with E-state index in [0.717, 1.165) is 33.9 Å². The fraction of sp³-hybridized carbons (Fsp3) is 0.118. The van der Waals surface area contributed by atoms with Crippen molar-refractivity contribution < 1.29 is 0 Å². The summed E-state index contributed by atoms with van der Waals surface area (Å²) in [4.78, 5) is 13.5. The predicted molar refractivity (Wildman–Crippen MR) is 80.2 cm³/mol. The van der Waals surface area contributed by atoms with Gasteiger partial charge in [-0.05, 0) is 26.0 Å². The van der Waals surface area contributed by atoms with Crippen LogP contribution in [0.1, 0.15) is 11.4 Å². The van der Waals surface area contributed by atoms with Gasteiger partial charge in [0.2, 0.25) is 0 Å².